The molecule has 1 aromatic heterocycles. The molecular formula is C25H27N3O3S2. The van der Waals surface area contributed by atoms with E-state index in [-0.39, 0.29) is 18.4 Å². The van der Waals surface area contributed by atoms with Crippen LogP contribution >= 0.6 is 23.1 Å². The number of carbonyl (C=O) groups is 2. The second-order valence-corrected chi connectivity index (χ2v) is 10.4. The summed E-state index contributed by atoms with van der Waals surface area (Å²) in [6.07, 6.45) is 2.12. The summed E-state index contributed by atoms with van der Waals surface area (Å²) in [4.78, 5) is 29.4. The van der Waals surface area contributed by atoms with Crippen molar-refractivity contribution in [3.8, 4) is 17.0 Å². The summed E-state index contributed by atoms with van der Waals surface area (Å²) in [6.45, 7) is 4.17. The highest BCUT2D eigenvalue weighted by atomic mass is 32.2. The lowest BCUT2D eigenvalue weighted by molar-refractivity contribution is -0.119. The molecule has 0 atom stereocenters. The summed E-state index contributed by atoms with van der Waals surface area (Å²) < 4.78 is 6.40. The Morgan fingerprint density at radius 2 is 1.82 bits per heavy atom. The first-order valence-corrected chi connectivity index (χ1v) is 12.8. The maximum Gasteiger partial charge on any atom is 0.262 e. The van der Waals surface area contributed by atoms with Crippen LogP contribution in [-0.2, 0) is 9.59 Å². The molecule has 33 heavy (non-hydrogen) atoms. The van der Waals surface area contributed by atoms with Gasteiger partial charge in [0.15, 0.2) is 10.9 Å². The SMILES string of the molecule is CC(C)c1ccc(OCC(=O)Nc2sc(SCC(=O)NC3CC3)nc2-c2ccccc2)cc1. The smallest absolute Gasteiger partial charge is 0.262 e. The highest BCUT2D eigenvalue weighted by Gasteiger charge is 2.23. The Morgan fingerprint density at radius 3 is 2.48 bits per heavy atom. The molecule has 2 N–H and O–H groups in total. The van der Waals surface area contributed by atoms with Crippen molar-refractivity contribution in [3.05, 3.63) is 60.2 Å². The molecule has 1 aliphatic carbocycles. The van der Waals surface area contributed by atoms with E-state index in [2.05, 4.69) is 24.5 Å². The fourth-order valence-corrected chi connectivity index (χ4v) is 5.02. The van der Waals surface area contributed by atoms with Gasteiger partial charge in [0.2, 0.25) is 5.91 Å². The van der Waals surface area contributed by atoms with Crippen molar-refractivity contribution in [2.45, 2.75) is 43.0 Å². The molecule has 0 radical (unpaired) electrons. The molecule has 172 valence electrons. The molecular weight excluding hydrogens is 454 g/mol. The Labute approximate surface area is 202 Å². The number of benzene rings is 2. The number of hydrogen-bond donors (Lipinski definition) is 2. The van der Waals surface area contributed by atoms with E-state index in [1.165, 1.54) is 28.7 Å². The van der Waals surface area contributed by atoms with Gasteiger partial charge in [0.05, 0.1) is 5.75 Å². The molecule has 0 saturated heterocycles. The van der Waals surface area contributed by atoms with Crippen LogP contribution in [0.15, 0.2) is 58.9 Å². The van der Waals surface area contributed by atoms with Crippen molar-refractivity contribution in [1.82, 2.24) is 10.3 Å². The number of anilines is 1. The van der Waals surface area contributed by atoms with Gasteiger partial charge in [0, 0.05) is 11.6 Å². The first-order valence-electron chi connectivity index (χ1n) is 11.0. The number of nitrogens with one attached hydrogen (secondary N) is 2. The van der Waals surface area contributed by atoms with Gasteiger partial charge in [-0.15, -0.1) is 0 Å². The van der Waals surface area contributed by atoms with Crippen molar-refractivity contribution in [3.63, 3.8) is 0 Å². The number of thiazole rings is 1. The van der Waals surface area contributed by atoms with E-state index in [0.717, 1.165) is 22.7 Å². The lowest BCUT2D eigenvalue weighted by Gasteiger charge is -2.09. The van der Waals surface area contributed by atoms with Gasteiger partial charge in [-0.3, -0.25) is 9.59 Å². The van der Waals surface area contributed by atoms with E-state index in [4.69, 9.17) is 9.72 Å². The Morgan fingerprint density at radius 1 is 1.09 bits per heavy atom. The zero-order valence-corrected chi connectivity index (χ0v) is 20.3. The first-order chi connectivity index (χ1) is 16.0. The summed E-state index contributed by atoms with van der Waals surface area (Å²) in [5, 5.41) is 6.57. The highest BCUT2D eigenvalue weighted by Crippen LogP contribution is 2.37. The molecule has 1 saturated carbocycles. The van der Waals surface area contributed by atoms with Gasteiger partial charge in [0.1, 0.15) is 16.4 Å². The average Bonchev–Trinajstić information content (AvgIpc) is 3.54. The third kappa shape index (κ3) is 6.82. The molecule has 0 spiro atoms. The van der Waals surface area contributed by atoms with Crippen LogP contribution in [0.4, 0.5) is 5.00 Å². The van der Waals surface area contributed by atoms with E-state index in [1.54, 1.807) is 0 Å². The van der Waals surface area contributed by atoms with Crippen LogP contribution in [0.2, 0.25) is 0 Å². The molecule has 0 unspecified atom stereocenters. The lowest BCUT2D eigenvalue weighted by atomic mass is 10.0. The summed E-state index contributed by atoms with van der Waals surface area (Å²) in [7, 11) is 0. The van der Waals surface area contributed by atoms with E-state index in [0.29, 0.717) is 34.2 Å². The number of amides is 2. The van der Waals surface area contributed by atoms with Gasteiger partial charge in [0.25, 0.3) is 5.91 Å². The Hall–Kier alpha value is -2.84. The first kappa shape index (κ1) is 23.3. The number of rotatable bonds is 10. The minimum atomic E-state index is -0.258. The predicted octanol–water partition coefficient (Wildman–Crippen LogP) is 5.32. The largest absolute Gasteiger partial charge is 0.484 e. The summed E-state index contributed by atoms with van der Waals surface area (Å²) >= 11 is 2.75. The van der Waals surface area contributed by atoms with Gasteiger partial charge in [-0.2, -0.15) is 0 Å². The summed E-state index contributed by atoms with van der Waals surface area (Å²) in [5.41, 5.74) is 2.82. The quantitative estimate of drug-likeness (QED) is 0.383. The Kier molecular flexibility index (Phi) is 7.67. The standard InChI is InChI=1S/C25H27N3O3S2/c1-16(2)17-8-12-20(13-9-17)31-14-21(29)27-24-23(18-6-4-3-5-7-18)28-25(33-24)32-15-22(30)26-19-10-11-19/h3-9,12-13,16,19H,10-11,14-15H2,1-2H3,(H,26,30)(H,27,29). The highest BCUT2D eigenvalue weighted by molar-refractivity contribution is 8.01. The third-order valence-corrected chi connectivity index (χ3v) is 7.21. The maximum absolute atomic E-state index is 12.6. The number of carbonyl (C=O) groups excluding carboxylic acids is 2. The second-order valence-electron chi connectivity index (χ2n) is 8.21. The molecule has 4 rings (SSSR count). The van der Waals surface area contributed by atoms with Crippen LogP contribution in [0.1, 0.15) is 38.2 Å². The normalized spacial score (nSPS) is 13.1. The number of thioether (sulfide) groups is 1. The van der Waals surface area contributed by atoms with Crippen LogP contribution < -0.4 is 15.4 Å². The van der Waals surface area contributed by atoms with Crippen molar-refractivity contribution in [2.24, 2.45) is 0 Å². The van der Waals surface area contributed by atoms with Crippen molar-refractivity contribution >= 4 is 39.9 Å². The second kappa shape index (κ2) is 10.9. The topological polar surface area (TPSA) is 80.3 Å². The average molecular weight is 482 g/mol. The van der Waals surface area contributed by atoms with Gasteiger partial charge in [-0.1, -0.05) is 79.4 Å². The van der Waals surface area contributed by atoms with Crippen molar-refractivity contribution in [2.75, 3.05) is 17.7 Å². The molecule has 8 heteroatoms. The fraction of sp³-hybridized carbons (Fsp3) is 0.320. The molecule has 6 nitrogen and oxygen atoms in total. The van der Waals surface area contributed by atoms with Crippen LogP contribution in [0.5, 0.6) is 5.75 Å². The molecule has 1 aliphatic rings. The van der Waals surface area contributed by atoms with Crippen LogP contribution in [0, 0.1) is 0 Å². The number of aromatic nitrogens is 1. The van der Waals surface area contributed by atoms with Gasteiger partial charge in [-0.05, 0) is 36.5 Å². The number of hydrogen-bond acceptors (Lipinski definition) is 6. The lowest BCUT2D eigenvalue weighted by Crippen LogP contribution is -2.26. The van der Waals surface area contributed by atoms with E-state index in [1.807, 2.05) is 54.6 Å². The van der Waals surface area contributed by atoms with E-state index in [9.17, 15) is 9.59 Å². The molecule has 1 heterocycles. The summed E-state index contributed by atoms with van der Waals surface area (Å²) in [6, 6.07) is 17.8. The van der Waals surface area contributed by atoms with Gasteiger partial charge < -0.3 is 15.4 Å². The fourth-order valence-electron chi connectivity index (χ4n) is 3.12. The van der Waals surface area contributed by atoms with Crippen LogP contribution in [0.3, 0.4) is 0 Å². The number of nitrogens with zero attached hydrogens (tertiary/aromatic N) is 1. The third-order valence-electron chi connectivity index (χ3n) is 5.09. The minimum Gasteiger partial charge on any atom is -0.484 e. The Bertz CT molecular complexity index is 1090. The van der Waals surface area contributed by atoms with Crippen molar-refractivity contribution < 1.29 is 14.3 Å². The minimum absolute atomic E-state index is 0.0152. The van der Waals surface area contributed by atoms with Gasteiger partial charge >= 0.3 is 0 Å². The van der Waals surface area contributed by atoms with E-state index >= 15 is 0 Å². The van der Waals surface area contributed by atoms with Crippen LogP contribution in [-0.4, -0.2) is 35.2 Å². The van der Waals surface area contributed by atoms with Crippen molar-refractivity contribution in [1.29, 1.82) is 0 Å². The van der Waals surface area contributed by atoms with Crippen LogP contribution in [0.25, 0.3) is 11.3 Å². The maximum atomic E-state index is 12.6. The van der Waals surface area contributed by atoms with E-state index < -0.39 is 0 Å². The monoisotopic (exact) mass is 481 g/mol. The molecule has 2 aromatic carbocycles. The molecule has 0 bridgehead atoms. The molecule has 1 fully saturated rings. The Balaban J connectivity index is 1.40. The molecule has 0 aliphatic heterocycles. The predicted molar refractivity (Wildman–Crippen MR) is 134 cm³/mol. The summed E-state index contributed by atoms with van der Waals surface area (Å²) in [5.74, 6) is 1.16. The molecule has 3 aromatic rings. The zero-order chi connectivity index (χ0) is 23.2. The number of ether oxygens (including phenoxy) is 1. The van der Waals surface area contributed by atoms with Gasteiger partial charge in [-0.25, -0.2) is 4.98 Å². The molecule has 2 amide bonds. The zero-order valence-electron chi connectivity index (χ0n) is 18.7.